The monoisotopic (exact) mass is 231 g/mol. The molecule has 0 saturated heterocycles. The zero-order chi connectivity index (χ0) is 12.4. The fourth-order valence-corrected chi connectivity index (χ4v) is 2.02. The van der Waals surface area contributed by atoms with Gasteiger partial charge in [-0.2, -0.15) is 0 Å². The van der Waals surface area contributed by atoms with E-state index in [1.165, 1.54) is 0 Å². The van der Waals surface area contributed by atoms with E-state index < -0.39 is 0 Å². The largest absolute Gasteiger partial charge is 0.289 e. The highest BCUT2D eigenvalue weighted by Crippen LogP contribution is 2.17. The summed E-state index contributed by atoms with van der Waals surface area (Å²) in [5.41, 5.74) is 1.44. The lowest BCUT2D eigenvalue weighted by molar-refractivity contribution is 0.103. The molecule has 3 aromatic rings. The lowest BCUT2D eigenvalue weighted by Gasteiger charge is -2.03. The van der Waals surface area contributed by atoms with Gasteiger partial charge in [-0.05, 0) is 29.0 Å². The van der Waals surface area contributed by atoms with Crippen molar-refractivity contribution in [2.24, 2.45) is 0 Å². The molecule has 0 aliphatic rings. The summed E-state index contributed by atoms with van der Waals surface area (Å²) in [5.74, 6) is 0.0605. The average Bonchev–Trinajstić information content (AvgIpc) is 2.47. The van der Waals surface area contributed by atoms with Crippen LogP contribution in [0.2, 0.25) is 0 Å². The molecule has 0 aliphatic carbocycles. The highest BCUT2D eigenvalue weighted by atomic mass is 16.1. The van der Waals surface area contributed by atoms with Gasteiger partial charge in [-0.3, -0.25) is 4.79 Å². The maximum absolute atomic E-state index is 12.3. The summed E-state index contributed by atoms with van der Waals surface area (Å²) in [7, 11) is 0. The van der Waals surface area contributed by atoms with Crippen molar-refractivity contribution >= 4 is 16.6 Å². The molecule has 1 radical (unpaired) electrons. The van der Waals surface area contributed by atoms with E-state index in [4.69, 9.17) is 0 Å². The van der Waals surface area contributed by atoms with Crippen LogP contribution in [0.1, 0.15) is 15.9 Å². The summed E-state index contributed by atoms with van der Waals surface area (Å²) >= 11 is 0. The molecule has 0 unspecified atom stereocenters. The van der Waals surface area contributed by atoms with Crippen molar-refractivity contribution in [3.63, 3.8) is 0 Å². The highest BCUT2D eigenvalue weighted by molar-refractivity contribution is 6.10. The number of carbonyl (C=O) groups excluding carboxylic acids is 1. The van der Waals surface area contributed by atoms with Gasteiger partial charge in [0.05, 0.1) is 0 Å². The Morgan fingerprint density at radius 1 is 0.833 bits per heavy atom. The summed E-state index contributed by atoms with van der Waals surface area (Å²) < 4.78 is 0. The molecule has 18 heavy (non-hydrogen) atoms. The second-order valence-electron chi connectivity index (χ2n) is 4.18. The molecule has 0 atom stereocenters. The molecule has 0 aliphatic heterocycles. The summed E-state index contributed by atoms with van der Waals surface area (Å²) in [6, 6.07) is 23.9. The Morgan fingerprint density at radius 2 is 1.67 bits per heavy atom. The maximum Gasteiger partial charge on any atom is 0.193 e. The maximum atomic E-state index is 12.3. The average molecular weight is 231 g/mol. The predicted molar refractivity (Wildman–Crippen MR) is 72.7 cm³/mol. The molecule has 0 saturated carbocycles. The first-order valence-electron chi connectivity index (χ1n) is 5.84. The van der Waals surface area contributed by atoms with Gasteiger partial charge in [0.15, 0.2) is 5.78 Å². The first-order valence-corrected chi connectivity index (χ1v) is 5.84. The van der Waals surface area contributed by atoms with Gasteiger partial charge in [0.1, 0.15) is 0 Å². The van der Waals surface area contributed by atoms with Crippen LogP contribution in [-0.4, -0.2) is 5.78 Å². The van der Waals surface area contributed by atoms with Crippen molar-refractivity contribution in [2.45, 2.75) is 0 Å². The summed E-state index contributed by atoms with van der Waals surface area (Å²) in [4.78, 5) is 12.3. The quantitative estimate of drug-likeness (QED) is 0.612. The van der Waals surface area contributed by atoms with Gasteiger partial charge in [-0.1, -0.05) is 54.6 Å². The minimum Gasteiger partial charge on any atom is -0.289 e. The molecule has 0 heterocycles. The Morgan fingerprint density at radius 3 is 2.50 bits per heavy atom. The van der Waals surface area contributed by atoms with Crippen LogP contribution in [0.4, 0.5) is 0 Å². The van der Waals surface area contributed by atoms with E-state index in [-0.39, 0.29) is 5.78 Å². The van der Waals surface area contributed by atoms with Crippen LogP contribution >= 0.6 is 0 Å². The number of carbonyl (C=O) groups is 1. The third kappa shape index (κ3) is 1.91. The van der Waals surface area contributed by atoms with E-state index in [2.05, 4.69) is 6.07 Å². The minimum absolute atomic E-state index is 0.0605. The van der Waals surface area contributed by atoms with Crippen molar-refractivity contribution in [3.8, 4) is 0 Å². The fourth-order valence-electron chi connectivity index (χ4n) is 2.02. The lowest BCUT2D eigenvalue weighted by Crippen LogP contribution is -2.00. The summed E-state index contributed by atoms with van der Waals surface area (Å²) in [5, 5.41) is 2.16. The zero-order valence-electron chi connectivity index (χ0n) is 9.76. The normalized spacial score (nSPS) is 10.4. The van der Waals surface area contributed by atoms with Gasteiger partial charge in [-0.15, -0.1) is 0 Å². The molecule has 0 spiro atoms. The zero-order valence-corrected chi connectivity index (χ0v) is 9.76. The van der Waals surface area contributed by atoms with Crippen LogP contribution in [-0.2, 0) is 0 Å². The van der Waals surface area contributed by atoms with Crippen molar-refractivity contribution in [1.82, 2.24) is 0 Å². The molecule has 0 aromatic heterocycles. The third-order valence-corrected chi connectivity index (χ3v) is 2.98. The minimum atomic E-state index is 0.0605. The van der Waals surface area contributed by atoms with E-state index in [9.17, 15) is 4.79 Å². The number of fused-ring (bicyclic) bond motifs is 1. The second-order valence-corrected chi connectivity index (χ2v) is 4.18. The van der Waals surface area contributed by atoms with Gasteiger partial charge < -0.3 is 0 Å². The van der Waals surface area contributed by atoms with Gasteiger partial charge >= 0.3 is 0 Å². The molecule has 0 fully saturated rings. The number of hydrogen-bond acceptors (Lipinski definition) is 1. The van der Waals surface area contributed by atoms with Gasteiger partial charge in [0.25, 0.3) is 0 Å². The SMILES string of the molecule is O=C(c1ccccc1)c1ccc2c[c]ccc2c1. The van der Waals surface area contributed by atoms with E-state index in [1.54, 1.807) is 0 Å². The number of rotatable bonds is 2. The molecular weight excluding hydrogens is 220 g/mol. The van der Waals surface area contributed by atoms with Crippen molar-refractivity contribution < 1.29 is 4.79 Å². The van der Waals surface area contributed by atoms with Crippen molar-refractivity contribution in [3.05, 3.63) is 83.9 Å². The van der Waals surface area contributed by atoms with Crippen LogP contribution in [0, 0.1) is 6.07 Å². The van der Waals surface area contributed by atoms with E-state index >= 15 is 0 Å². The Bertz CT molecular complexity index is 699. The van der Waals surface area contributed by atoms with Gasteiger partial charge in [-0.25, -0.2) is 0 Å². The Kier molecular flexibility index (Phi) is 2.66. The van der Waals surface area contributed by atoms with Crippen LogP contribution in [0.25, 0.3) is 10.8 Å². The molecule has 0 N–H and O–H groups in total. The standard InChI is InChI=1S/C17H11O/c18-17(14-7-2-1-3-8-14)16-11-10-13-6-4-5-9-15(13)12-16/h1-3,5-12H. The summed E-state index contributed by atoms with van der Waals surface area (Å²) in [6.45, 7) is 0. The van der Waals surface area contributed by atoms with Crippen LogP contribution < -0.4 is 0 Å². The molecule has 85 valence electrons. The first kappa shape index (κ1) is 10.7. The third-order valence-electron chi connectivity index (χ3n) is 2.98. The van der Waals surface area contributed by atoms with Crippen LogP contribution in [0.3, 0.4) is 0 Å². The number of benzene rings is 3. The Labute approximate surface area is 106 Å². The topological polar surface area (TPSA) is 17.1 Å². The first-order chi connectivity index (χ1) is 8.84. The van der Waals surface area contributed by atoms with E-state index in [1.807, 2.05) is 66.7 Å². The predicted octanol–water partition coefficient (Wildman–Crippen LogP) is 3.87. The molecule has 0 amide bonds. The second kappa shape index (κ2) is 4.46. The van der Waals surface area contributed by atoms with Gasteiger partial charge in [0, 0.05) is 11.1 Å². The molecule has 0 bridgehead atoms. The molecule has 3 aromatic carbocycles. The van der Waals surface area contributed by atoms with Crippen LogP contribution in [0.5, 0.6) is 0 Å². The highest BCUT2D eigenvalue weighted by Gasteiger charge is 2.08. The van der Waals surface area contributed by atoms with Crippen molar-refractivity contribution in [2.75, 3.05) is 0 Å². The van der Waals surface area contributed by atoms with Crippen LogP contribution in [0.15, 0.2) is 66.7 Å². The Balaban J connectivity index is 2.07. The molecule has 1 heteroatoms. The fraction of sp³-hybridized carbons (Fsp3) is 0. The lowest BCUT2D eigenvalue weighted by atomic mass is 10.0. The van der Waals surface area contributed by atoms with Gasteiger partial charge in [0.2, 0.25) is 0 Å². The molecular formula is C17H11O. The smallest absolute Gasteiger partial charge is 0.193 e. The number of hydrogen-bond donors (Lipinski definition) is 0. The summed E-state index contributed by atoms with van der Waals surface area (Å²) in [6.07, 6.45) is 0. The van der Waals surface area contributed by atoms with E-state index in [0.29, 0.717) is 0 Å². The van der Waals surface area contributed by atoms with E-state index in [0.717, 1.165) is 21.9 Å². The number of ketones is 1. The van der Waals surface area contributed by atoms with Crippen molar-refractivity contribution in [1.29, 1.82) is 0 Å². The Hall–Kier alpha value is -2.41. The molecule has 3 rings (SSSR count). The molecule has 1 nitrogen and oxygen atoms in total.